The maximum atomic E-state index is 13.0. The van der Waals surface area contributed by atoms with E-state index >= 15 is 0 Å². The molecule has 1 amide bonds. The Labute approximate surface area is 173 Å². The molecule has 0 N–H and O–H groups in total. The molecule has 2 aromatic rings. The zero-order chi connectivity index (χ0) is 21.4. The van der Waals surface area contributed by atoms with Crippen LogP contribution >= 0.6 is 0 Å². The number of amides is 1. The Morgan fingerprint density at radius 2 is 1.83 bits per heavy atom. The second kappa shape index (κ2) is 7.71. The molecule has 0 bridgehead atoms. The van der Waals surface area contributed by atoms with Crippen LogP contribution in [0.1, 0.15) is 31.9 Å². The fourth-order valence-electron chi connectivity index (χ4n) is 3.34. The fraction of sp³-hybridized carbons (Fsp3) is 0.409. The van der Waals surface area contributed by atoms with Crippen LogP contribution in [-0.2, 0) is 26.8 Å². The van der Waals surface area contributed by atoms with Crippen molar-refractivity contribution in [1.82, 2.24) is 4.90 Å². The molecule has 0 saturated carbocycles. The molecular formula is C22H28N2O4S. The third kappa shape index (κ3) is 4.72. The van der Waals surface area contributed by atoms with E-state index in [1.165, 1.54) is 4.31 Å². The highest BCUT2D eigenvalue weighted by Gasteiger charge is 2.37. The van der Waals surface area contributed by atoms with Gasteiger partial charge in [0.15, 0.2) is 6.10 Å². The van der Waals surface area contributed by atoms with Gasteiger partial charge in [-0.3, -0.25) is 9.10 Å². The highest BCUT2D eigenvalue weighted by molar-refractivity contribution is 7.92. The van der Waals surface area contributed by atoms with Crippen molar-refractivity contribution in [1.29, 1.82) is 0 Å². The average molecular weight is 417 g/mol. The Hall–Kier alpha value is -2.54. The Balaban J connectivity index is 1.89. The molecule has 2 aromatic carbocycles. The van der Waals surface area contributed by atoms with Crippen LogP contribution in [0.5, 0.6) is 5.75 Å². The van der Waals surface area contributed by atoms with Crippen LogP contribution in [0, 0.1) is 0 Å². The second-order valence-corrected chi connectivity index (χ2v) is 10.4. The van der Waals surface area contributed by atoms with Gasteiger partial charge in [-0.15, -0.1) is 0 Å². The Kier molecular flexibility index (Phi) is 5.63. The number of anilines is 1. The van der Waals surface area contributed by atoms with Gasteiger partial charge in [-0.2, -0.15) is 0 Å². The smallest absolute Gasteiger partial charge is 0.265 e. The van der Waals surface area contributed by atoms with E-state index in [4.69, 9.17) is 4.74 Å². The summed E-state index contributed by atoms with van der Waals surface area (Å²) >= 11 is 0. The number of nitrogens with zero attached hydrogens (tertiary/aromatic N) is 2. The molecule has 0 aromatic heterocycles. The first-order valence-corrected chi connectivity index (χ1v) is 11.4. The van der Waals surface area contributed by atoms with Crippen LogP contribution in [0.15, 0.2) is 48.5 Å². The zero-order valence-corrected chi connectivity index (χ0v) is 18.4. The molecule has 1 unspecified atom stereocenters. The van der Waals surface area contributed by atoms with E-state index < -0.39 is 16.1 Å². The van der Waals surface area contributed by atoms with Gasteiger partial charge in [-0.05, 0) is 28.7 Å². The van der Waals surface area contributed by atoms with Crippen molar-refractivity contribution in [2.75, 3.05) is 24.2 Å². The number of hydrogen-bond donors (Lipinski definition) is 0. The van der Waals surface area contributed by atoms with Crippen LogP contribution in [0.25, 0.3) is 0 Å². The molecule has 0 aliphatic carbocycles. The number of benzene rings is 2. The van der Waals surface area contributed by atoms with Crippen molar-refractivity contribution in [2.45, 2.75) is 38.8 Å². The van der Waals surface area contributed by atoms with Gasteiger partial charge in [0.2, 0.25) is 10.0 Å². The molecule has 156 valence electrons. The van der Waals surface area contributed by atoms with Crippen molar-refractivity contribution in [3.63, 3.8) is 0 Å². The highest BCUT2D eigenvalue weighted by atomic mass is 32.2. The lowest BCUT2D eigenvalue weighted by Crippen LogP contribution is -2.50. The lowest BCUT2D eigenvalue weighted by molar-refractivity contribution is -0.137. The van der Waals surface area contributed by atoms with E-state index in [1.807, 2.05) is 42.5 Å². The minimum atomic E-state index is -3.57. The van der Waals surface area contributed by atoms with Crippen molar-refractivity contribution in [3.05, 3.63) is 59.7 Å². The number of likely N-dealkylation sites (N-methyl/N-ethyl adjacent to an activating group) is 1. The van der Waals surface area contributed by atoms with E-state index in [9.17, 15) is 13.2 Å². The van der Waals surface area contributed by atoms with E-state index in [0.29, 0.717) is 18.0 Å². The number of fused-ring (bicyclic) bond motifs is 1. The Morgan fingerprint density at radius 3 is 2.41 bits per heavy atom. The van der Waals surface area contributed by atoms with E-state index in [1.54, 1.807) is 18.0 Å². The molecule has 0 fully saturated rings. The van der Waals surface area contributed by atoms with Crippen molar-refractivity contribution < 1.29 is 17.9 Å². The van der Waals surface area contributed by atoms with Crippen LogP contribution in [0.2, 0.25) is 0 Å². The van der Waals surface area contributed by atoms with Gasteiger partial charge in [0.1, 0.15) is 5.75 Å². The summed E-state index contributed by atoms with van der Waals surface area (Å²) in [5.74, 6) is 0.147. The summed E-state index contributed by atoms with van der Waals surface area (Å²) in [5.41, 5.74) is 2.34. The normalized spacial score (nSPS) is 16.7. The number of carbonyl (C=O) groups excluding carboxylic acids is 1. The maximum absolute atomic E-state index is 13.0. The van der Waals surface area contributed by atoms with Crippen molar-refractivity contribution >= 4 is 21.6 Å². The summed E-state index contributed by atoms with van der Waals surface area (Å²) in [6.07, 6.45) is 0.257. The second-order valence-electron chi connectivity index (χ2n) is 8.51. The van der Waals surface area contributed by atoms with Crippen molar-refractivity contribution in [3.8, 4) is 5.75 Å². The quantitative estimate of drug-likeness (QED) is 0.768. The molecule has 1 atom stereocenters. The minimum Gasteiger partial charge on any atom is -0.476 e. The van der Waals surface area contributed by atoms with Gasteiger partial charge < -0.3 is 9.64 Å². The molecule has 0 radical (unpaired) electrons. The lowest BCUT2D eigenvalue weighted by Gasteiger charge is -2.36. The van der Waals surface area contributed by atoms with Gasteiger partial charge >= 0.3 is 0 Å². The number of sulfonamides is 1. The standard InChI is InChI=1S/C22H28N2O4S/c1-22(2,3)17-11-12-19-18(13-17)24(29(5,26)27)15-20(28-19)21(25)23(4)14-16-9-7-6-8-10-16/h6-13,20H,14-15H2,1-5H3. The predicted molar refractivity (Wildman–Crippen MR) is 115 cm³/mol. The molecular weight excluding hydrogens is 388 g/mol. The first kappa shape index (κ1) is 21.2. The maximum Gasteiger partial charge on any atom is 0.265 e. The molecule has 0 spiro atoms. The summed E-state index contributed by atoms with van der Waals surface area (Å²) in [7, 11) is -1.87. The molecule has 1 aliphatic rings. The summed E-state index contributed by atoms with van der Waals surface area (Å²) < 4.78 is 32.2. The largest absolute Gasteiger partial charge is 0.476 e. The molecule has 3 rings (SSSR count). The van der Waals surface area contributed by atoms with Crippen molar-refractivity contribution in [2.24, 2.45) is 0 Å². The van der Waals surface area contributed by atoms with Crippen LogP contribution in [0.3, 0.4) is 0 Å². The van der Waals surface area contributed by atoms with Gasteiger partial charge in [0.25, 0.3) is 5.91 Å². The predicted octanol–water partition coefficient (Wildman–Crippen LogP) is 3.17. The molecule has 0 saturated heterocycles. The number of ether oxygens (including phenoxy) is 1. The number of hydrogen-bond acceptors (Lipinski definition) is 4. The average Bonchev–Trinajstić information content (AvgIpc) is 2.65. The number of rotatable bonds is 4. The molecule has 6 nitrogen and oxygen atoms in total. The molecule has 1 heterocycles. The van der Waals surface area contributed by atoms with Crippen LogP contribution < -0.4 is 9.04 Å². The van der Waals surface area contributed by atoms with Gasteiger partial charge in [0, 0.05) is 13.6 Å². The molecule has 29 heavy (non-hydrogen) atoms. The van der Waals surface area contributed by atoms with Crippen LogP contribution in [-0.4, -0.2) is 45.2 Å². The first-order valence-electron chi connectivity index (χ1n) is 9.54. The zero-order valence-electron chi connectivity index (χ0n) is 17.5. The SMILES string of the molecule is CN(Cc1ccccc1)C(=O)C1CN(S(C)(=O)=O)c2cc(C(C)(C)C)ccc2O1. The van der Waals surface area contributed by atoms with E-state index in [0.717, 1.165) is 17.4 Å². The van der Waals surface area contributed by atoms with Crippen LogP contribution in [0.4, 0.5) is 5.69 Å². The Morgan fingerprint density at radius 1 is 1.17 bits per heavy atom. The fourth-order valence-corrected chi connectivity index (χ4v) is 4.25. The summed E-state index contributed by atoms with van der Waals surface area (Å²) in [6.45, 7) is 6.57. The third-order valence-electron chi connectivity index (χ3n) is 5.01. The number of carbonyl (C=O) groups is 1. The van der Waals surface area contributed by atoms with Gasteiger partial charge in [-0.25, -0.2) is 8.42 Å². The molecule has 7 heteroatoms. The van der Waals surface area contributed by atoms with E-state index in [2.05, 4.69) is 20.8 Å². The van der Waals surface area contributed by atoms with E-state index in [-0.39, 0.29) is 17.9 Å². The minimum absolute atomic E-state index is 0.0443. The Bertz CT molecular complexity index is 997. The van der Waals surface area contributed by atoms with Gasteiger partial charge in [0.05, 0.1) is 18.5 Å². The van der Waals surface area contributed by atoms with Gasteiger partial charge in [-0.1, -0.05) is 57.2 Å². The monoisotopic (exact) mass is 416 g/mol. The highest BCUT2D eigenvalue weighted by Crippen LogP contribution is 2.38. The summed E-state index contributed by atoms with van der Waals surface area (Å²) in [6, 6.07) is 15.1. The summed E-state index contributed by atoms with van der Waals surface area (Å²) in [5, 5.41) is 0. The summed E-state index contributed by atoms with van der Waals surface area (Å²) in [4.78, 5) is 14.6. The lowest BCUT2D eigenvalue weighted by atomic mass is 9.86. The molecule has 1 aliphatic heterocycles. The topological polar surface area (TPSA) is 66.9 Å². The first-order chi connectivity index (χ1) is 13.5. The third-order valence-corrected chi connectivity index (χ3v) is 6.16.